The highest BCUT2D eigenvalue weighted by molar-refractivity contribution is 14.1. The van der Waals surface area contributed by atoms with E-state index < -0.39 is 6.17 Å². The molecule has 1 aliphatic rings. The van der Waals surface area contributed by atoms with Gasteiger partial charge in [0, 0.05) is 0 Å². The average Bonchev–Trinajstić information content (AvgIpc) is 1.64. The molecule has 0 saturated carbocycles. The molecule has 0 aromatic heterocycles. The lowest BCUT2D eigenvalue weighted by atomic mass is 10.1. The van der Waals surface area contributed by atoms with Gasteiger partial charge in [-0.3, -0.25) is 0 Å². The topological polar surface area (TPSA) is 0 Å². The van der Waals surface area contributed by atoms with Crippen molar-refractivity contribution < 1.29 is 4.39 Å². The van der Waals surface area contributed by atoms with E-state index in [1.807, 2.05) is 0 Å². The summed E-state index contributed by atoms with van der Waals surface area (Å²) in [6.45, 7) is 0. The van der Waals surface area contributed by atoms with Crippen molar-refractivity contribution in [2.24, 2.45) is 0 Å². The minimum Gasteiger partial charge on any atom is -0.243 e. The maximum absolute atomic E-state index is 12.4. The molecule has 0 saturated heterocycles. The third-order valence-corrected chi connectivity index (χ3v) is 2.16. The van der Waals surface area contributed by atoms with Crippen LogP contribution >= 0.6 is 22.6 Å². The van der Waals surface area contributed by atoms with Crippen LogP contribution in [0.5, 0.6) is 0 Å². The largest absolute Gasteiger partial charge is 0.243 e. The highest BCUT2D eigenvalue weighted by Gasteiger charge is 2.08. The molecule has 0 aliphatic heterocycles. The van der Waals surface area contributed by atoms with Gasteiger partial charge in [-0.15, -0.1) is 0 Å². The summed E-state index contributed by atoms with van der Waals surface area (Å²) in [4.78, 5) is 0. The van der Waals surface area contributed by atoms with Gasteiger partial charge in [0.2, 0.25) is 0 Å². The van der Waals surface area contributed by atoms with E-state index in [9.17, 15) is 4.39 Å². The Labute approximate surface area is 62.3 Å². The lowest BCUT2D eigenvalue weighted by Gasteiger charge is -2.09. The first-order valence-electron chi connectivity index (χ1n) is 2.79. The standard InChI is InChI=1S/C6H8FI/c7-5-2-1-3-6(8)4-5/h4-5H,1-3H2. The molecule has 0 radical (unpaired) electrons. The summed E-state index contributed by atoms with van der Waals surface area (Å²) >= 11 is 2.19. The molecule has 1 aliphatic carbocycles. The van der Waals surface area contributed by atoms with Crippen LogP contribution in [0.4, 0.5) is 4.39 Å². The highest BCUT2D eigenvalue weighted by Crippen LogP contribution is 2.24. The Morgan fingerprint density at radius 1 is 1.75 bits per heavy atom. The molecule has 8 heavy (non-hydrogen) atoms. The van der Waals surface area contributed by atoms with Gasteiger partial charge in [-0.2, -0.15) is 0 Å². The fourth-order valence-electron chi connectivity index (χ4n) is 0.829. The summed E-state index contributed by atoms with van der Waals surface area (Å²) in [6.07, 6.45) is 3.89. The van der Waals surface area contributed by atoms with Crippen molar-refractivity contribution >= 4 is 22.6 Å². The molecule has 0 N–H and O–H groups in total. The lowest BCUT2D eigenvalue weighted by Crippen LogP contribution is -2.00. The van der Waals surface area contributed by atoms with Crippen LogP contribution in [0, 0.1) is 0 Å². The Morgan fingerprint density at radius 3 is 2.88 bits per heavy atom. The second-order valence-electron chi connectivity index (χ2n) is 2.02. The van der Waals surface area contributed by atoms with Crippen LogP contribution in [-0.4, -0.2) is 6.17 Å². The summed E-state index contributed by atoms with van der Waals surface area (Å²) in [6, 6.07) is 0. The Morgan fingerprint density at radius 2 is 2.50 bits per heavy atom. The van der Waals surface area contributed by atoms with Crippen molar-refractivity contribution in [1.29, 1.82) is 0 Å². The smallest absolute Gasteiger partial charge is 0.119 e. The highest BCUT2D eigenvalue weighted by atomic mass is 127. The summed E-state index contributed by atoms with van der Waals surface area (Å²) in [5, 5.41) is 0. The maximum atomic E-state index is 12.4. The molecule has 0 fully saturated rings. The number of halogens is 2. The van der Waals surface area contributed by atoms with Gasteiger partial charge in [0.05, 0.1) is 0 Å². The molecule has 0 heterocycles. The number of alkyl halides is 1. The third-order valence-electron chi connectivity index (χ3n) is 1.26. The molecular weight excluding hydrogens is 218 g/mol. The van der Waals surface area contributed by atoms with E-state index in [1.54, 1.807) is 6.08 Å². The summed E-state index contributed by atoms with van der Waals surface area (Å²) in [5.74, 6) is 0. The first-order chi connectivity index (χ1) is 3.79. The average molecular weight is 226 g/mol. The van der Waals surface area contributed by atoms with E-state index in [1.165, 1.54) is 3.58 Å². The zero-order valence-electron chi connectivity index (χ0n) is 4.53. The van der Waals surface area contributed by atoms with Gasteiger partial charge < -0.3 is 0 Å². The van der Waals surface area contributed by atoms with E-state index in [4.69, 9.17) is 0 Å². The van der Waals surface area contributed by atoms with Crippen LogP contribution in [0.1, 0.15) is 19.3 Å². The lowest BCUT2D eigenvalue weighted by molar-refractivity contribution is 0.360. The molecule has 0 amide bonds. The van der Waals surface area contributed by atoms with Gasteiger partial charge in [0.15, 0.2) is 0 Å². The van der Waals surface area contributed by atoms with Crippen LogP contribution in [-0.2, 0) is 0 Å². The Kier molecular flexibility index (Phi) is 2.28. The molecule has 0 bridgehead atoms. The molecule has 0 nitrogen and oxygen atoms in total. The van der Waals surface area contributed by atoms with E-state index in [0.717, 1.165) is 19.3 Å². The molecule has 0 aromatic rings. The van der Waals surface area contributed by atoms with Gasteiger partial charge >= 0.3 is 0 Å². The predicted octanol–water partition coefficient (Wildman–Crippen LogP) is 2.83. The van der Waals surface area contributed by atoms with Gasteiger partial charge in [0.25, 0.3) is 0 Å². The third kappa shape index (κ3) is 1.73. The zero-order valence-corrected chi connectivity index (χ0v) is 6.69. The fraction of sp³-hybridized carbons (Fsp3) is 0.667. The molecule has 2 heteroatoms. The summed E-state index contributed by atoms with van der Waals surface area (Å²) < 4.78 is 13.5. The molecule has 46 valence electrons. The first-order valence-corrected chi connectivity index (χ1v) is 3.87. The Hall–Kier alpha value is 0.400. The van der Waals surface area contributed by atoms with Crippen LogP contribution in [0.3, 0.4) is 0 Å². The van der Waals surface area contributed by atoms with E-state index in [0.29, 0.717) is 0 Å². The van der Waals surface area contributed by atoms with Gasteiger partial charge in [0.1, 0.15) is 6.17 Å². The number of allylic oxidation sites excluding steroid dienone is 2. The fourth-order valence-corrected chi connectivity index (χ4v) is 1.60. The Balaban J connectivity index is 2.50. The second-order valence-corrected chi connectivity index (χ2v) is 3.41. The van der Waals surface area contributed by atoms with Crippen molar-refractivity contribution in [1.82, 2.24) is 0 Å². The molecule has 1 atom stereocenters. The Bertz CT molecular complexity index is 109. The number of rotatable bonds is 0. The van der Waals surface area contributed by atoms with E-state index in [-0.39, 0.29) is 0 Å². The van der Waals surface area contributed by atoms with Crippen LogP contribution < -0.4 is 0 Å². The summed E-state index contributed by atoms with van der Waals surface area (Å²) in [7, 11) is 0. The minimum absolute atomic E-state index is 0.657. The van der Waals surface area contributed by atoms with Crippen LogP contribution in [0.2, 0.25) is 0 Å². The van der Waals surface area contributed by atoms with Crippen molar-refractivity contribution in [3.8, 4) is 0 Å². The van der Waals surface area contributed by atoms with E-state index in [2.05, 4.69) is 22.6 Å². The van der Waals surface area contributed by atoms with Crippen LogP contribution in [0.15, 0.2) is 9.66 Å². The predicted molar refractivity (Wildman–Crippen MR) is 40.9 cm³/mol. The molecule has 1 rings (SSSR count). The molecular formula is C6H8FI. The van der Waals surface area contributed by atoms with Crippen LogP contribution in [0.25, 0.3) is 0 Å². The molecule has 1 unspecified atom stereocenters. The quantitative estimate of drug-likeness (QED) is 0.557. The number of hydrogen-bond donors (Lipinski definition) is 0. The van der Waals surface area contributed by atoms with Gasteiger partial charge in [-0.1, -0.05) is 0 Å². The monoisotopic (exact) mass is 226 g/mol. The van der Waals surface area contributed by atoms with E-state index >= 15 is 0 Å². The second kappa shape index (κ2) is 2.80. The van der Waals surface area contributed by atoms with Crippen molar-refractivity contribution in [3.63, 3.8) is 0 Å². The van der Waals surface area contributed by atoms with Crippen molar-refractivity contribution in [3.05, 3.63) is 9.66 Å². The molecule has 0 spiro atoms. The summed E-state index contributed by atoms with van der Waals surface area (Å²) in [5.41, 5.74) is 0. The van der Waals surface area contributed by atoms with Gasteiger partial charge in [-0.25, -0.2) is 4.39 Å². The first kappa shape index (κ1) is 6.52. The van der Waals surface area contributed by atoms with Crippen molar-refractivity contribution in [2.45, 2.75) is 25.4 Å². The maximum Gasteiger partial charge on any atom is 0.119 e. The van der Waals surface area contributed by atoms with Crippen molar-refractivity contribution in [2.75, 3.05) is 0 Å². The van der Waals surface area contributed by atoms with Gasteiger partial charge in [-0.05, 0) is 51.5 Å². The zero-order chi connectivity index (χ0) is 5.98. The molecule has 0 aromatic carbocycles. The normalized spacial score (nSPS) is 29.8. The SMILES string of the molecule is FC1C=C(I)CCC1. The minimum atomic E-state index is -0.657. The number of hydrogen-bond acceptors (Lipinski definition) is 0.